The summed E-state index contributed by atoms with van der Waals surface area (Å²) < 4.78 is 63.3. The van der Waals surface area contributed by atoms with Crippen LogP contribution in [0.1, 0.15) is 11.1 Å². The Morgan fingerprint density at radius 1 is 1.16 bits per heavy atom. The number of hydrogen-bond donors (Lipinski definition) is 1. The minimum atomic E-state index is -4.56. The minimum Gasteiger partial charge on any atom is -0.436 e. The van der Waals surface area contributed by atoms with Gasteiger partial charge in [-0.25, -0.2) is 14.0 Å². The van der Waals surface area contributed by atoms with Crippen LogP contribution in [0, 0.1) is 0 Å². The second-order valence-corrected chi connectivity index (χ2v) is 11.4. The first-order valence-corrected chi connectivity index (χ1v) is 13.8. The van der Waals surface area contributed by atoms with Crippen molar-refractivity contribution in [3.8, 4) is 11.5 Å². The summed E-state index contributed by atoms with van der Waals surface area (Å²) in [6.45, 7) is 1.51. The average molecular weight is 547 g/mol. The maximum absolute atomic E-state index is 14.0. The van der Waals surface area contributed by atoms with Crippen LogP contribution in [0.3, 0.4) is 0 Å². The molecule has 1 N–H and O–H groups in total. The van der Waals surface area contributed by atoms with Crippen LogP contribution in [0.5, 0.6) is 0 Å². The number of carbonyl (C=O) groups is 1. The first-order chi connectivity index (χ1) is 18.0. The zero-order valence-corrected chi connectivity index (χ0v) is 21.3. The van der Waals surface area contributed by atoms with Crippen molar-refractivity contribution in [3.63, 3.8) is 0 Å². The molecule has 13 heteroatoms. The minimum absolute atomic E-state index is 0.0783. The normalized spacial score (nSPS) is 16.5. The molecule has 38 heavy (non-hydrogen) atoms. The first-order valence-electron chi connectivity index (χ1n) is 11.7. The number of hydrogen-bond acceptors (Lipinski definition) is 6. The van der Waals surface area contributed by atoms with Gasteiger partial charge in [0.05, 0.1) is 23.6 Å². The van der Waals surface area contributed by atoms with Crippen LogP contribution in [-0.4, -0.2) is 73.1 Å². The Hall–Kier alpha value is -3.84. The van der Waals surface area contributed by atoms with Gasteiger partial charge in [0, 0.05) is 54.3 Å². The van der Waals surface area contributed by atoms with Gasteiger partial charge in [-0.2, -0.15) is 23.0 Å². The molecular weight excluding hydrogens is 521 g/mol. The van der Waals surface area contributed by atoms with Gasteiger partial charge in [0.1, 0.15) is 5.52 Å². The van der Waals surface area contributed by atoms with Crippen molar-refractivity contribution in [1.82, 2.24) is 24.6 Å². The molecule has 3 heterocycles. The summed E-state index contributed by atoms with van der Waals surface area (Å²) in [6.07, 6.45) is -0.321. The number of piperazine rings is 1. The van der Waals surface area contributed by atoms with Crippen LogP contribution in [-0.2, 0) is 22.4 Å². The number of oxazole rings is 1. The average Bonchev–Trinajstić information content (AvgIpc) is 3.49. The molecule has 0 radical (unpaired) electrons. The number of benzene rings is 2. The Morgan fingerprint density at radius 2 is 1.89 bits per heavy atom. The lowest BCUT2D eigenvalue weighted by atomic mass is 10.0. The summed E-state index contributed by atoms with van der Waals surface area (Å²) in [5, 5.41) is 4.01. The highest BCUT2D eigenvalue weighted by Gasteiger charge is 2.35. The number of halogens is 3. The van der Waals surface area contributed by atoms with Gasteiger partial charge in [0.15, 0.2) is 5.58 Å². The third-order valence-corrected chi connectivity index (χ3v) is 6.77. The molecule has 0 aliphatic carbocycles. The van der Waals surface area contributed by atoms with Crippen molar-refractivity contribution < 1.29 is 26.6 Å². The maximum atomic E-state index is 14.0. The smallest absolute Gasteiger partial charge is 0.416 e. The van der Waals surface area contributed by atoms with E-state index in [0.717, 1.165) is 10.7 Å². The van der Waals surface area contributed by atoms with Gasteiger partial charge in [-0.3, -0.25) is 4.90 Å². The fourth-order valence-electron chi connectivity index (χ4n) is 4.32. The molecule has 2 aromatic heterocycles. The number of nitrogens with one attached hydrogen (secondary N) is 1. The van der Waals surface area contributed by atoms with Crippen molar-refractivity contribution >= 4 is 38.4 Å². The zero-order valence-electron chi connectivity index (χ0n) is 20.4. The van der Waals surface area contributed by atoms with Gasteiger partial charge in [0.25, 0.3) is 0 Å². The number of rotatable bonds is 5. The Morgan fingerprint density at radius 3 is 2.58 bits per heavy atom. The molecule has 5 rings (SSSR count). The molecular formula is C25H25F3N6O3S. The largest absolute Gasteiger partial charge is 0.436 e. The van der Waals surface area contributed by atoms with Gasteiger partial charge in [-0.1, -0.05) is 18.2 Å². The number of aromatic nitrogens is 3. The molecule has 0 saturated carbocycles. The van der Waals surface area contributed by atoms with E-state index < -0.39 is 21.4 Å². The molecule has 4 aromatic rings. The second-order valence-electron chi connectivity index (χ2n) is 9.18. The molecule has 0 bridgehead atoms. The summed E-state index contributed by atoms with van der Waals surface area (Å²) >= 11 is 0. The highest BCUT2D eigenvalue weighted by molar-refractivity contribution is 8.00. The fraction of sp³-hybridized carbons (Fsp3) is 0.280. The molecule has 1 amide bonds. The molecule has 1 fully saturated rings. The fourth-order valence-corrected chi connectivity index (χ4v) is 4.92. The second kappa shape index (κ2) is 9.80. The van der Waals surface area contributed by atoms with E-state index in [4.69, 9.17) is 4.42 Å². The van der Waals surface area contributed by atoms with E-state index in [2.05, 4.69) is 20.7 Å². The van der Waals surface area contributed by atoms with E-state index >= 15 is 0 Å². The van der Waals surface area contributed by atoms with Crippen LogP contribution in [0.4, 0.5) is 23.7 Å². The lowest BCUT2D eigenvalue weighted by Gasteiger charge is -2.34. The summed E-state index contributed by atoms with van der Waals surface area (Å²) in [7, 11) is -2.51. The Labute approximate surface area is 217 Å². The number of carbonyl (C=O) groups excluding carboxylic acids is 1. The number of para-hydroxylation sites is 2. The molecule has 1 unspecified atom stereocenters. The molecule has 1 saturated heterocycles. The molecule has 1 aliphatic heterocycles. The highest BCUT2D eigenvalue weighted by atomic mass is 32.2. The Bertz CT molecular complexity index is 1550. The first kappa shape index (κ1) is 25.8. The highest BCUT2D eigenvalue weighted by Crippen LogP contribution is 2.36. The standard InChI is InChI=1S/C25H25F3N6O3S/c1-38(2,36)31-19-14-29-34(16-19)24(35)33-11-9-32(10-12-33)15-18-8-7-17(13-20(18)25(26,27)28)23-30-21-5-3-4-6-22(21)37-23/h3-8,13-14,16H,1,9-12,15H2,2H3,(H,31,36). The monoisotopic (exact) mass is 546 g/mol. The van der Waals surface area contributed by atoms with Gasteiger partial charge in [-0.15, -0.1) is 0 Å². The van der Waals surface area contributed by atoms with Gasteiger partial charge < -0.3 is 14.0 Å². The maximum Gasteiger partial charge on any atom is 0.416 e. The number of fused-ring (bicyclic) bond motifs is 1. The van der Waals surface area contributed by atoms with Crippen molar-refractivity contribution in [1.29, 1.82) is 0 Å². The van der Waals surface area contributed by atoms with Gasteiger partial charge in [0.2, 0.25) is 5.89 Å². The number of nitrogens with zero attached hydrogens (tertiary/aromatic N) is 5. The summed E-state index contributed by atoms with van der Waals surface area (Å²) in [6, 6.07) is 10.7. The van der Waals surface area contributed by atoms with Crippen molar-refractivity contribution in [2.45, 2.75) is 12.7 Å². The van der Waals surface area contributed by atoms with E-state index in [1.165, 1.54) is 24.7 Å². The Balaban J connectivity index is 1.27. The topological polar surface area (TPSA) is 96.5 Å². The zero-order chi connectivity index (χ0) is 27.1. The van der Waals surface area contributed by atoms with Crippen LogP contribution < -0.4 is 4.72 Å². The lowest BCUT2D eigenvalue weighted by Crippen LogP contribution is -2.49. The van der Waals surface area contributed by atoms with Crippen LogP contribution in [0.25, 0.3) is 22.6 Å². The molecule has 200 valence electrons. The van der Waals surface area contributed by atoms with E-state index in [9.17, 15) is 22.2 Å². The van der Waals surface area contributed by atoms with Crippen molar-refractivity contribution in [2.75, 3.05) is 37.2 Å². The van der Waals surface area contributed by atoms with Gasteiger partial charge >= 0.3 is 12.2 Å². The molecule has 9 nitrogen and oxygen atoms in total. The number of amides is 1. The van der Waals surface area contributed by atoms with E-state index in [1.807, 2.05) is 4.90 Å². The number of anilines is 1. The van der Waals surface area contributed by atoms with Crippen LogP contribution >= 0.6 is 0 Å². The third-order valence-electron chi connectivity index (χ3n) is 6.11. The van der Waals surface area contributed by atoms with Crippen LogP contribution in [0.15, 0.2) is 59.3 Å². The van der Waals surface area contributed by atoms with E-state index in [1.54, 1.807) is 35.2 Å². The summed E-state index contributed by atoms with van der Waals surface area (Å²) in [5.74, 6) is 3.63. The predicted molar refractivity (Wildman–Crippen MR) is 139 cm³/mol. The van der Waals surface area contributed by atoms with E-state index in [0.29, 0.717) is 43.0 Å². The molecule has 1 atom stereocenters. The summed E-state index contributed by atoms with van der Waals surface area (Å²) in [5.41, 5.74) is 1.12. The SMILES string of the molecule is C=S(C)(=O)Nc1cnn(C(=O)N2CCN(Cc3ccc(-c4nc5ccccc5o4)cc3C(F)(F)F)CC2)c1. The predicted octanol–water partition coefficient (Wildman–Crippen LogP) is 4.17. The third kappa shape index (κ3) is 5.68. The van der Waals surface area contributed by atoms with Crippen molar-refractivity contribution in [2.24, 2.45) is 0 Å². The molecule has 2 aromatic carbocycles. The van der Waals surface area contributed by atoms with E-state index in [-0.39, 0.29) is 29.6 Å². The quantitative estimate of drug-likeness (QED) is 0.378. The van der Waals surface area contributed by atoms with Crippen molar-refractivity contribution in [3.05, 3.63) is 66.0 Å². The van der Waals surface area contributed by atoms with Gasteiger partial charge in [-0.05, 0) is 35.7 Å². The number of alkyl halides is 3. The summed E-state index contributed by atoms with van der Waals surface area (Å²) in [4.78, 5) is 20.6. The Kier molecular flexibility index (Phi) is 6.65. The molecule has 1 aliphatic rings. The lowest BCUT2D eigenvalue weighted by molar-refractivity contribution is -0.138. The van der Waals surface area contributed by atoms with Crippen LogP contribution in [0.2, 0.25) is 0 Å². The molecule has 0 spiro atoms.